The van der Waals surface area contributed by atoms with Gasteiger partial charge < -0.3 is 10.2 Å². The van der Waals surface area contributed by atoms with Crippen molar-refractivity contribution in [2.75, 3.05) is 39.3 Å². The quantitative estimate of drug-likeness (QED) is 0.874. The summed E-state index contributed by atoms with van der Waals surface area (Å²) >= 11 is 0. The van der Waals surface area contributed by atoms with Crippen LogP contribution >= 0.6 is 0 Å². The van der Waals surface area contributed by atoms with Crippen LogP contribution < -0.4 is 5.32 Å². The molecule has 0 aromatic heterocycles. The van der Waals surface area contributed by atoms with Crippen molar-refractivity contribution in [3.63, 3.8) is 0 Å². The van der Waals surface area contributed by atoms with Gasteiger partial charge in [0.25, 0.3) is 0 Å². The van der Waals surface area contributed by atoms with Crippen molar-refractivity contribution in [1.82, 2.24) is 15.1 Å². The van der Waals surface area contributed by atoms with Crippen LogP contribution in [0.25, 0.3) is 0 Å². The standard InChI is InChI=1S/C18H28FN3O/c1-15(2)14-20-18(23)22-12-10-21(11-13-22)9-5-7-16-6-3-4-8-17(16)19/h3-4,6,8,15H,5,7,9-14H2,1-2H3,(H,20,23). The highest BCUT2D eigenvalue weighted by atomic mass is 19.1. The van der Waals surface area contributed by atoms with Gasteiger partial charge in [-0.25, -0.2) is 9.18 Å². The normalized spacial score (nSPS) is 15.9. The van der Waals surface area contributed by atoms with Crippen molar-refractivity contribution in [2.24, 2.45) is 5.92 Å². The molecule has 0 radical (unpaired) electrons. The molecule has 0 bridgehead atoms. The van der Waals surface area contributed by atoms with Crippen molar-refractivity contribution in [2.45, 2.75) is 26.7 Å². The Bertz CT molecular complexity index is 499. The van der Waals surface area contributed by atoms with Gasteiger partial charge >= 0.3 is 6.03 Å². The van der Waals surface area contributed by atoms with Gasteiger partial charge in [-0.1, -0.05) is 32.0 Å². The van der Waals surface area contributed by atoms with Crippen LogP contribution in [0.5, 0.6) is 0 Å². The summed E-state index contributed by atoms with van der Waals surface area (Å²) in [6, 6.07) is 7.02. The van der Waals surface area contributed by atoms with E-state index in [1.807, 2.05) is 17.0 Å². The van der Waals surface area contributed by atoms with E-state index in [-0.39, 0.29) is 11.8 Å². The lowest BCUT2D eigenvalue weighted by atomic mass is 10.1. The minimum Gasteiger partial charge on any atom is -0.338 e. The molecule has 0 atom stereocenters. The Morgan fingerprint density at radius 2 is 1.91 bits per heavy atom. The van der Waals surface area contributed by atoms with E-state index in [0.717, 1.165) is 57.7 Å². The van der Waals surface area contributed by atoms with Crippen molar-refractivity contribution < 1.29 is 9.18 Å². The molecule has 23 heavy (non-hydrogen) atoms. The monoisotopic (exact) mass is 321 g/mol. The van der Waals surface area contributed by atoms with Crippen LogP contribution in [0.2, 0.25) is 0 Å². The largest absolute Gasteiger partial charge is 0.338 e. The molecule has 1 heterocycles. The van der Waals surface area contributed by atoms with Crippen molar-refractivity contribution >= 4 is 6.03 Å². The van der Waals surface area contributed by atoms with Crippen LogP contribution in [0, 0.1) is 11.7 Å². The van der Waals surface area contributed by atoms with E-state index in [2.05, 4.69) is 24.1 Å². The molecule has 1 aromatic carbocycles. The maximum absolute atomic E-state index is 13.6. The number of urea groups is 1. The first kappa shape index (κ1) is 17.7. The Kier molecular flexibility index (Phi) is 6.84. The molecule has 0 saturated carbocycles. The number of nitrogens with one attached hydrogen (secondary N) is 1. The van der Waals surface area contributed by atoms with Crippen molar-refractivity contribution in [1.29, 1.82) is 0 Å². The number of carbonyl (C=O) groups excluding carboxylic acids is 1. The van der Waals surface area contributed by atoms with Gasteiger partial charge in [-0.15, -0.1) is 0 Å². The number of aryl methyl sites for hydroxylation is 1. The zero-order valence-corrected chi connectivity index (χ0v) is 14.2. The molecular formula is C18H28FN3O. The van der Waals surface area contributed by atoms with Gasteiger partial charge in [0.1, 0.15) is 5.82 Å². The molecule has 1 aliphatic heterocycles. The zero-order valence-electron chi connectivity index (χ0n) is 14.2. The maximum atomic E-state index is 13.6. The lowest BCUT2D eigenvalue weighted by Crippen LogP contribution is -2.52. The summed E-state index contributed by atoms with van der Waals surface area (Å²) in [4.78, 5) is 16.2. The summed E-state index contributed by atoms with van der Waals surface area (Å²) in [6.45, 7) is 9.19. The van der Waals surface area contributed by atoms with E-state index in [1.54, 1.807) is 6.07 Å². The lowest BCUT2D eigenvalue weighted by Gasteiger charge is -2.34. The van der Waals surface area contributed by atoms with Gasteiger partial charge in [-0.05, 0) is 36.9 Å². The van der Waals surface area contributed by atoms with E-state index in [9.17, 15) is 9.18 Å². The van der Waals surface area contributed by atoms with E-state index in [0.29, 0.717) is 5.92 Å². The molecule has 1 aliphatic rings. The molecule has 0 unspecified atom stereocenters. The van der Waals surface area contributed by atoms with Crippen LogP contribution in [-0.2, 0) is 6.42 Å². The Labute approximate surface area is 138 Å². The highest BCUT2D eigenvalue weighted by Crippen LogP contribution is 2.10. The Hall–Kier alpha value is -1.62. The van der Waals surface area contributed by atoms with E-state index in [4.69, 9.17) is 0 Å². The second-order valence-corrected chi connectivity index (χ2v) is 6.60. The zero-order chi connectivity index (χ0) is 16.7. The number of carbonyl (C=O) groups is 1. The number of piperazine rings is 1. The molecule has 1 aromatic rings. The van der Waals surface area contributed by atoms with Gasteiger partial charge in [0.15, 0.2) is 0 Å². The lowest BCUT2D eigenvalue weighted by molar-refractivity contribution is 0.138. The number of hydrogen-bond donors (Lipinski definition) is 1. The van der Waals surface area contributed by atoms with Crippen LogP contribution in [0.15, 0.2) is 24.3 Å². The smallest absolute Gasteiger partial charge is 0.317 e. The van der Waals surface area contributed by atoms with Gasteiger partial charge in [0, 0.05) is 32.7 Å². The molecule has 0 spiro atoms. The third-order valence-corrected chi connectivity index (χ3v) is 4.20. The van der Waals surface area contributed by atoms with Crippen LogP contribution in [0.3, 0.4) is 0 Å². The summed E-state index contributed by atoms with van der Waals surface area (Å²) < 4.78 is 13.6. The average molecular weight is 321 g/mol. The average Bonchev–Trinajstić information content (AvgIpc) is 2.55. The molecule has 2 rings (SSSR count). The summed E-state index contributed by atoms with van der Waals surface area (Å²) in [6.07, 6.45) is 1.71. The number of hydrogen-bond acceptors (Lipinski definition) is 2. The van der Waals surface area contributed by atoms with E-state index >= 15 is 0 Å². The fraction of sp³-hybridized carbons (Fsp3) is 0.611. The fourth-order valence-corrected chi connectivity index (χ4v) is 2.77. The Morgan fingerprint density at radius 1 is 1.22 bits per heavy atom. The van der Waals surface area contributed by atoms with Gasteiger partial charge in [0.05, 0.1) is 0 Å². The van der Waals surface area contributed by atoms with Gasteiger partial charge in [-0.3, -0.25) is 4.90 Å². The minimum atomic E-state index is -0.112. The molecule has 1 fully saturated rings. The summed E-state index contributed by atoms with van der Waals surface area (Å²) in [7, 11) is 0. The molecule has 2 amide bonds. The molecule has 1 saturated heterocycles. The SMILES string of the molecule is CC(C)CNC(=O)N1CCN(CCCc2ccccc2F)CC1. The van der Waals surface area contributed by atoms with Gasteiger partial charge in [-0.2, -0.15) is 0 Å². The second kappa shape index (κ2) is 8.87. The molecule has 4 nitrogen and oxygen atoms in total. The van der Waals surface area contributed by atoms with Crippen molar-refractivity contribution in [3.05, 3.63) is 35.6 Å². The van der Waals surface area contributed by atoms with Crippen molar-refractivity contribution in [3.8, 4) is 0 Å². The predicted octanol–water partition coefficient (Wildman–Crippen LogP) is 2.74. The fourth-order valence-electron chi connectivity index (χ4n) is 2.77. The number of amides is 2. The summed E-state index contributed by atoms with van der Waals surface area (Å²) in [5, 5.41) is 2.96. The molecule has 128 valence electrons. The third kappa shape index (κ3) is 5.82. The third-order valence-electron chi connectivity index (χ3n) is 4.20. The Balaban J connectivity index is 1.65. The molecular weight excluding hydrogens is 293 g/mol. The topological polar surface area (TPSA) is 35.6 Å². The first-order chi connectivity index (χ1) is 11.1. The number of nitrogens with zero attached hydrogens (tertiary/aromatic N) is 2. The maximum Gasteiger partial charge on any atom is 0.317 e. The van der Waals surface area contributed by atoms with Gasteiger partial charge in [0.2, 0.25) is 0 Å². The molecule has 1 N–H and O–H groups in total. The number of halogens is 1. The van der Waals surface area contributed by atoms with E-state index < -0.39 is 0 Å². The van der Waals surface area contributed by atoms with Crippen LogP contribution in [0.4, 0.5) is 9.18 Å². The predicted molar refractivity (Wildman–Crippen MR) is 91.0 cm³/mol. The first-order valence-corrected chi connectivity index (χ1v) is 8.55. The molecule has 5 heteroatoms. The Morgan fingerprint density at radius 3 is 2.57 bits per heavy atom. The van der Waals surface area contributed by atoms with Crippen LogP contribution in [-0.4, -0.2) is 55.1 Å². The summed E-state index contributed by atoms with van der Waals surface area (Å²) in [5.41, 5.74) is 0.791. The van der Waals surface area contributed by atoms with Crippen LogP contribution in [0.1, 0.15) is 25.8 Å². The second-order valence-electron chi connectivity index (χ2n) is 6.60. The minimum absolute atomic E-state index is 0.0460. The van der Waals surface area contributed by atoms with E-state index in [1.165, 1.54) is 6.07 Å². The molecule has 0 aliphatic carbocycles. The number of benzene rings is 1. The highest BCUT2D eigenvalue weighted by molar-refractivity contribution is 5.74. The summed E-state index contributed by atoms with van der Waals surface area (Å²) in [5.74, 6) is 0.359. The highest BCUT2D eigenvalue weighted by Gasteiger charge is 2.20. The first-order valence-electron chi connectivity index (χ1n) is 8.55. The number of rotatable bonds is 6.